The summed E-state index contributed by atoms with van der Waals surface area (Å²) >= 11 is 5.88. The number of rotatable bonds is 3. The summed E-state index contributed by atoms with van der Waals surface area (Å²) in [5.41, 5.74) is 4.11. The highest BCUT2D eigenvalue weighted by Crippen LogP contribution is 2.41. The third-order valence-electron chi connectivity index (χ3n) is 4.14. The predicted octanol–water partition coefficient (Wildman–Crippen LogP) is 4.38. The number of aromatic nitrogens is 2. The van der Waals surface area contributed by atoms with Crippen molar-refractivity contribution in [3.8, 4) is 11.3 Å². The molecule has 2 aromatic carbocycles. The molecule has 0 amide bonds. The third-order valence-corrected chi connectivity index (χ3v) is 4.39. The van der Waals surface area contributed by atoms with E-state index in [1.807, 2.05) is 18.3 Å². The molecule has 0 saturated carbocycles. The van der Waals surface area contributed by atoms with Crippen molar-refractivity contribution >= 4 is 17.4 Å². The Bertz CT molecular complexity index is 852. The van der Waals surface area contributed by atoms with Crippen molar-refractivity contribution in [3.05, 3.63) is 77.2 Å². The zero-order valence-electron chi connectivity index (χ0n) is 11.7. The van der Waals surface area contributed by atoms with Gasteiger partial charge < -0.3 is 4.57 Å². The Balaban J connectivity index is 1.69. The monoisotopic (exact) mass is 308 g/mol. The summed E-state index contributed by atoms with van der Waals surface area (Å²) in [5.74, 6) is 0.109. The lowest BCUT2D eigenvalue weighted by atomic mass is 9.97. The predicted molar refractivity (Wildman–Crippen MR) is 86.2 cm³/mol. The van der Waals surface area contributed by atoms with Gasteiger partial charge in [-0.2, -0.15) is 0 Å². The van der Waals surface area contributed by atoms with Crippen LogP contribution in [0.25, 0.3) is 11.3 Å². The van der Waals surface area contributed by atoms with E-state index in [2.05, 4.69) is 21.7 Å². The number of ketones is 1. The second-order valence-electron chi connectivity index (χ2n) is 5.42. The molecule has 0 spiro atoms. The topological polar surface area (TPSA) is 34.9 Å². The second kappa shape index (κ2) is 5.11. The first-order chi connectivity index (χ1) is 10.7. The van der Waals surface area contributed by atoms with Gasteiger partial charge in [-0.05, 0) is 29.8 Å². The Kier molecular flexibility index (Phi) is 3.09. The van der Waals surface area contributed by atoms with Crippen molar-refractivity contribution in [1.29, 1.82) is 0 Å². The molecular formula is C18H13ClN2O. The van der Waals surface area contributed by atoms with Crippen LogP contribution in [0, 0.1) is 0 Å². The van der Waals surface area contributed by atoms with E-state index in [4.69, 9.17) is 11.6 Å². The van der Waals surface area contributed by atoms with E-state index in [1.54, 1.807) is 30.6 Å². The molecule has 0 saturated heterocycles. The standard InChI is InChI=1S/C18H13ClN2O/c19-13-7-5-12(6-8-13)18(22)9-16-14-3-1-2-4-15(14)17-10-20-11-21(16)17/h1-8,10-11,16H,9H2. The number of hydrogen-bond donors (Lipinski definition) is 0. The molecule has 4 heteroatoms. The number of Topliss-reactive ketones (excluding diaryl/α,β-unsaturated/α-hetero) is 1. The van der Waals surface area contributed by atoms with Crippen LogP contribution >= 0.6 is 11.6 Å². The zero-order chi connectivity index (χ0) is 15.1. The largest absolute Gasteiger partial charge is 0.322 e. The second-order valence-corrected chi connectivity index (χ2v) is 5.86. The highest BCUT2D eigenvalue weighted by atomic mass is 35.5. The Morgan fingerprint density at radius 2 is 1.91 bits per heavy atom. The molecule has 1 atom stereocenters. The third kappa shape index (κ3) is 2.06. The van der Waals surface area contributed by atoms with E-state index in [-0.39, 0.29) is 11.8 Å². The Hall–Kier alpha value is -2.39. The molecule has 0 bridgehead atoms. The number of carbonyl (C=O) groups is 1. The molecule has 108 valence electrons. The lowest BCUT2D eigenvalue weighted by molar-refractivity contribution is 0.0970. The van der Waals surface area contributed by atoms with E-state index in [1.165, 1.54) is 5.56 Å². The fourth-order valence-electron chi connectivity index (χ4n) is 3.07. The van der Waals surface area contributed by atoms with Crippen LogP contribution in [0.2, 0.25) is 5.02 Å². The lowest BCUT2D eigenvalue weighted by Crippen LogP contribution is -2.11. The molecule has 0 fully saturated rings. The molecule has 1 unspecified atom stereocenters. The molecule has 22 heavy (non-hydrogen) atoms. The summed E-state index contributed by atoms with van der Waals surface area (Å²) in [4.78, 5) is 16.8. The van der Waals surface area contributed by atoms with Crippen LogP contribution in [0.5, 0.6) is 0 Å². The highest BCUT2D eigenvalue weighted by Gasteiger charge is 2.29. The summed E-state index contributed by atoms with van der Waals surface area (Å²) in [6.07, 6.45) is 4.07. The maximum absolute atomic E-state index is 12.6. The summed E-state index contributed by atoms with van der Waals surface area (Å²) in [5, 5.41) is 0.639. The number of fused-ring (bicyclic) bond motifs is 3. The van der Waals surface area contributed by atoms with Gasteiger partial charge in [-0.15, -0.1) is 0 Å². The van der Waals surface area contributed by atoms with Crippen molar-refractivity contribution in [2.75, 3.05) is 0 Å². The smallest absolute Gasteiger partial charge is 0.165 e. The molecule has 1 aromatic heterocycles. The molecule has 4 rings (SSSR count). The van der Waals surface area contributed by atoms with Gasteiger partial charge in [0.25, 0.3) is 0 Å². The maximum Gasteiger partial charge on any atom is 0.165 e. The van der Waals surface area contributed by atoms with Gasteiger partial charge in [0.15, 0.2) is 5.78 Å². The number of benzene rings is 2. The molecule has 3 nitrogen and oxygen atoms in total. The minimum absolute atomic E-state index is 0.0110. The van der Waals surface area contributed by atoms with E-state index in [0.29, 0.717) is 17.0 Å². The quantitative estimate of drug-likeness (QED) is 0.673. The van der Waals surface area contributed by atoms with Crippen molar-refractivity contribution in [3.63, 3.8) is 0 Å². The molecule has 3 aromatic rings. The molecule has 0 radical (unpaired) electrons. The highest BCUT2D eigenvalue weighted by molar-refractivity contribution is 6.30. The SMILES string of the molecule is O=C(CC1c2ccccc2-c2cncn21)c1ccc(Cl)cc1. The summed E-state index contributed by atoms with van der Waals surface area (Å²) in [6, 6.07) is 15.3. The van der Waals surface area contributed by atoms with E-state index in [0.717, 1.165) is 11.3 Å². The van der Waals surface area contributed by atoms with Gasteiger partial charge in [0.2, 0.25) is 0 Å². The van der Waals surface area contributed by atoms with E-state index in [9.17, 15) is 4.79 Å². The first kappa shape index (κ1) is 13.3. The van der Waals surface area contributed by atoms with Gasteiger partial charge in [-0.1, -0.05) is 35.9 Å². The number of hydrogen-bond acceptors (Lipinski definition) is 2. The zero-order valence-corrected chi connectivity index (χ0v) is 12.5. The first-order valence-electron chi connectivity index (χ1n) is 7.14. The van der Waals surface area contributed by atoms with E-state index < -0.39 is 0 Å². The van der Waals surface area contributed by atoms with Crippen LogP contribution in [0.15, 0.2) is 61.1 Å². The Labute approximate surface area is 133 Å². The summed E-state index contributed by atoms with van der Waals surface area (Å²) in [6.45, 7) is 0. The van der Waals surface area contributed by atoms with Gasteiger partial charge in [0.1, 0.15) is 0 Å². The van der Waals surface area contributed by atoms with Crippen molar-refractivity contribution in [1.82, 2.24) is 9.55 Å². The Morgan fingerprint density at radius 1 is 1.14 bits per heavy atom. The fourth-order valence-corrected chi connectivity index (χ4v) is 3.20. The lowest BCUT2D eigenvalue weighted by Gasteiger charge is -2.14. The normalized spacial score (nSPS) is 15.4. The van der Waals surface area contributed by atoms with Gasteiger partial charge >= 0.3 is 0 Å². The number of nitrogens with zero attached hydrogens (tertiary/aromatic N) is 2. The molecule has 0 N–H and O–H groups in total. The van der Waals surface area contributed by atoms with Crippen molar-refractivity contribution < 1.29 is 4.79 Å². The minimum Gasteiger partial charge on any atom is -0.322 e. The average Bonchev–Trinajstić information content (AvgIpc) is 3.11. The van der Waals surface area contributed by atoms with Crippen LogP contribution in [0.4, 0.5) is 0 Å². The van der Waals surface area contributed by atoms with Crippen LogP contribution in [-0.4, -0.2) is 15.3 Å². The van der Waals surface area contributed by atoms with Gasteiger partial charge in [0, 0.05) is 22.6 Å². The van der Waals surface area contributed by atoms with Crippen LogP contribution in [-0.2, 0) is 0 Å². The van der Waals surface area contributed by atoms with Gasteiger partial charge in [-0.3, -0.25) is 4.79 Å². The fraction of sp³-hybridized carbons (Fsp3) is 0.111. The molecule has 1 aliphatic rings. The molecule has 0 aliphatic carbocycles. The maximum atomic E-state index is 12.6. The number of halogens is 1. The summed E-state index contributed by atoms with van der Waals surface area (Å²) in [7, 11) is 0. The minimum atomic E-state index is 0.0110. The molecular weight excluding hydrogens is 296 g/mol. The first-order valence-corrected chi connectivity index (χ1v) is 7.52. The van der Waals surface area contributed by atoms with Crippen LogP contribution in [0.1, 0.15) is 28.4 Å². The number of carbonyl (C=O) groups excluding carboxylic acids is 1. The van der Waals surface area contributed by atoms with E-state index >= 15 is 0 Å². The van der Waals surface area contributed by atoms with Gasteiger partial charge in [0.05, 0.1) is 24.3 Å². The van der Waals surface area contributed by atoms with Crippen molar-refractivity contribution in [2.45, 2.75) is 12.5 Å². The van der Waals surface area contributed by atoms with Crippen LogP contribution in [0.3, 0.4) is 0 Å². The number of imidazole rings is 1. The van der Waals surface area contributed by atoms with Gasteiger partial charge in [-0.25, -0.2) is 4.98 Å². The Morgan fingerprint density at radius 3 is 2.73 bits per heavy atom. The van der Waals surface area contributed by atoms with Crippen molar-refractivity contribution in [2.24, 2.45) is 0 Å². The molecule has 2 heterocycles. The van der Waals surface area contributed by atoms with Crippen LogP contribution < -0.4 is 0 Å². The summed E-state index contributed by atoms with van der Waals surface area (Å²) < 4.78 is 2.08. The average molecular weight is 309 g/mol. The molecule has 1 aliphatic heterocycles.